The van der Waals surface area contributed by atoms with Crippen LogP contribution >= 0.6 is 0 Å². The van der Waals surface area contributed by atoms with Gasteiger partial charge in [0.05, 0.1) is 5.92 Å². The lowest BCUT2D eigenvalue weighted by Gasteiger charge is -2.27. The van der Waals surface area contributed by atoms with E-state index in [1.54, 1.807) is 0 Å². The average molecular weight is 297 g/mol. The fourth-order valence-corrected chi connectivity index (χ4v) is 2.33. The summed E-state index contributed by atoms with van der Waals surface area (Å²) in [6.07, 6.45) is 0. The molecule has 4 nitrogen and oxygen atoms in total. The second-order valence-electron chi connectivity index (χ2n) is 5.22. The van der Waals surface area contributed by atoms with Crippen LogP contribution < -0.4 is 0 Å². The van der Waals surface area contributed by atoms with Crippen molar-refractivity contribution in [2.45, 2.75) is 18.9 Å². The van der Waals surface area contributed by atoms with Gasteiger partial charge in [-0.1, -0.05) is 60.7 Å². The van der Waals surface area contributed by atoms with Crippen LogP contribution in [-0.4, -0.2) is 35.0 Å². The molecule has 1 atom stereocenters. The van der Waals surface area contributed by atoms with Crippen LogP contribution in [0.3, 0.4) is 0 Å². The third-order valence-electron chi connectivity index (χ3n) is 3.80. The fourth-order valence-electron chi connectivity index (χ4n) is 2.33. The van der Waals surface area contributed by atoms with Crippen LogP contribution in [0, 0.1) is 0 Å². The Labute approximate surface area is 130 Å². The summed E-state index contributed by atoms with van der Waals surface area (Å²) in [5, 5.41) is 9.13. The van der Waals surface area contributed by atoms with Gasteiger partial charge in [0.25, 0.3) is 0 Å². The number of carbonyl (C=O) groups is 2. The SMILES string of the molecule is C[C@@H](C(=O)O)N(C)C(=O)C(c1ccccc1)c1ccccc1. The summed E-state index contributed by atoms with van der Waals surface area (Å²) < 4.78 is 0. The van der Waals surface area contributed by atoms with Crippen molar-refractivity contribution in [3.8, 4) is 0 Å². The molecular formula is C18H19NO3. The molecule has 0 radical (unpaired) electrons. The number of hydrogen-bond donors (Lipinski definition) is 1. The molecule has 0 saturated carbocycles. The van der Waals surface area contributed by atoms with Crippen molar-refractivity contribution < 1.29 is 14.7 Å². The number of carboxylic acid groups (broad SMARTS) is 1. The quantitative estimate of drug-likeness (QED) is 0.923. The zero-order chi connectivity index (χ0) is 16.1. The van der Waals surface area contributed by atoms with E-state index in [9.17, 15) is 9.59 Å². The lowest BCUT2D eigenvalue weighted by Crippen LogP contribution is -2.42. The van der Waals surface area contributed by atoms with E-state index in [-0.39, 0.29) is 5.91 Å². The number of carbonyl (C=O) groups excluding carboxylic acids is 1. The summed E-state index contributed by atoms with van der Waals surface area (Å²) in [4.78, 5) is 25.3. The van der Waals surface area contributed by atoms with Gasteiger partial charge in [-0.05, 0) is 18.1 Å². The predicted octanol–water partition coefficient (Wildman–Crippen LogP) is 2.75. The summed E-state index contributed by atoms with van der Waals surface area (Å²) >= 11 is 0. The Kier molecular flexibility index (Phi) is 4.94. The molecule has 0 aliphatic carbocycles. The standard InChI is InChI=1S/C18H19NO3/c1-13(18(21)22)19(2)17(20)16(14-9-5-3-6-10-14)15-11-7-4-8-12-15/h3-13,16H,1-2H3,(H,21,22)/t13-/m0/s1. The summed E-state index contributed by atoms with van der Waals surface area (Å²) in [6, 6.07) is 17.9. The van der Waals surface area contributed by atoms with Crippen molar-refractivity contribution >= 4 is 11.9 Å². The Balaban J connectivity index is 2.41. The minimum absolute atomic E-state index is 0.229. The van der Waals surface area contributed by atoms with Crippen LogP contribution in [0.25, 0.3) is 0 Å². The van der Waals surface area contributed by atoms with Crippen LogP contribution in [0.5, 0.6) is 0 Å². The van der Waals surface area contributed by atoms with E-state index in [1.807, 2.05) is 60.7 Å². The van der Waals surface area contributed by atoms with Gasteiger partial charge in [-0.3, -0.25) is 4.79 Å². The molecule has 0 aliphatic rings. The molecule has 2 aromatic carbocycles. The molecular weight excluding hydrogens is 278 g/mol. The van der Waals surface area contributed by atoms with Crippen molar-refractivity contribution in [3.63, 3.8) is 0 Å². The normalized spacial score (nSPS) is 12.0. The third kappa shape index (κ3) is 3.34. The van der Waals surface area contributed by atoms with Gasteiger partial charge in [0, 0.05) is 7.05 Å². The van der Waals surface area contributed by atoms with Gasteiger partial charge in [-0.2, -0.15) is 0 Å². The lowest BCUT2D eigenvalue weighted by atomic mass is 9.90. The van der Waals surface area contributed by atoms with Crippen LogP contribution in [0.1, 0.15) is 24.0 Å². The lowest BCUT2D eigenvalue weighted by molar-refractivity contribution is -0.148. The molecule has 0 heterocycles. The van der Waals surface area contributed by atoms with Crippen LogP contribution in [-0.2, 0) is 9.59 Å². The topological polar surface area (TPSA) is 57.6 Å². The summed E-state index contributed by atoms with van der Waals surface area (Å²) in [5.74, 6) is -1.75. The number of likely N-dealkylation sites (N-methyl/N-ethyl adjacent to an activating group) is 1. The van der Waals surface area contributed by atoms with Crippen molar-refractivity contribution in [1.82, 2.24) is 4.90 Å². The molecule has 114 valence electrons. The van der Waals surface area contributed by atoms with Gasteiger partial charge >= 0.3 is 5.97 Å². The molecule has 0 saturated heterocycles. The molecule has 1 N–H and O–H groups in total. The Morgan fingerprint density at radius 1 is 0.909 bits per heavy atom. The number of carboxylic acids is 1. The number of hydrogen-bond acceptors (Lipinski definition) is 2. The second-order valence-corrected chi connectivity index (χ2v) is 5.22. The van der Waals surface area contributed by atoms with E-state index in [4.69, 9.17) is 5.11 Å². The Hall–Kier alpha value is -2.62. The zero-order valence-corrected chi connectivity index (χ0v) is 12.6. The largest absolute Gasteiger partial charge is 0.480 e. The first-order chi connectivity index (χ1) is 10.5. The maximum absolute atomic E-state index is 12.9. The summed E-state index contributed by atoms with van der Waals surface area (Å²) in [5.41, 5.74) is 1.70. The molecule has 2 aromatic rings. The average Bonchev–Trinajstić information content (AvgIpc) is 2.55. The first-order valence-corrected chi connectivity index (χ1v) is 7.11. The van der Waals surface area contributed by atoms with E-state index >= 15 is 0 Å². The van der Waals surface area contributed by atoms with Crippen LogP contribution in [0.4, 0.5) is 0 Å². The number of amides is 1. The highest BCUT2D eigenvalue weighted by atomic mass is 16.4. The first-order valence-electron chi connectivity index (χ1n) is 7.11. The molecule has 0 bridgehead atoms. The second kappa shape index (κ2) is 6.89. The minimum Gasteiger partial charge on any atom is -0.480 e. The highest BCUT2D eigenvalue weighted by Crippen LogP contribution is 2.27. The predicted molar refractivity (Wildman–Crippen MR) is 84.6 cm³/mol. The monoisotopic (exact) mass is 297 g/mol. The van der Waals surface area contributed by atoms with E-state index < -0.39 is 17.9 Å². The molecule has 2 rings (SSSR count). The van der Waals surface area contributed by atoms with E-state index in [0.717, 1.165) is 11.1 Å². The van der Waals surface area contributed by atoms with Gasteiger partial charge in [-0.25, -0.2) is 4.79 Å². The Morgan fingerprint density at radius 3 is 1.68 bits per heavy atom. The Bertz CT molecular complexity index is 600. The molecule has 22 heavy (non-hydrogen) atoms. The number of nitrogens with zero attached hydrogens (tertiary/aromatic N) is 1. The van der Waals surface area contributed by atoms with E-state index in [1.165, 1.54) is 18.9 Å². The van der Waals surface area contributed by atoms with Gasteiger partial charge in [0.15, 0.2) is 0 Å². The molecule has 0 fully saturated rings. The van der Waals surface area contributed by atoms with Crippen molar-refractivity contribution in [2.24, 2.45) is 0 Å². The van der Waals surface area contributed by atoms with Gasteiger partial charge in [-0.15, -0.1) is 0 Å². The van der Waals surface area contributed by atoms with E-state index in [2.05, 4.69) is 0 Å². The Morgan fingerprint density at radius 2 is 1.32 bits per heavy atom. The first kappa shape index (κ1) is 15.8. The molecule has 1 amide bonds. The van der Waals surface area contributed by atoms with Gasteiger partial charge in [0.2, 0.25) is 5.91 Å². The number of benzene rings is 2. The molecule has 0 spiro atoms. The van der Waals surface area contributed by atoms with Crippen molar-refractivity contribution in [2.75, 3.05) is 7.05 Å². The molecule has 4 heteroatoms. The highest BCUT2D eigenvalue weighted by Gasteiger charge is 2.30. The molecule has 0 unspecified atom stereocenters. The summed E-state index contributed by atoms with van der Waals surface area (Å²) in [7, 11) is 1.53. The van der Waals surface area contributed by atoms with Crippen molar-refractivity contribution in [1.29, 1.82) is 0 Å². The summed E-state index contributed by atoms with van der Waals surface area (Å²) in [6.45, 7) is 1.51. The fraction of sp³-hybridized carbons (Fsp3) is 0.222. The van der Waals surface area contributed by atoms with Crippen LogP contribution in [0.2, 0.25) is 0 Å². The smallest absolute Gasteiger partial charge is 0.326 e. The van der Waals surface area contributed by atoms with Gasteiger partial charge in [0.1, 0.15) is 6.04 Å². The minimum atomic E-state index is -1.02. The van der Waals surface area contributed by atoms with Crippen molar-refractivity contribution in [3.05, 3.63) is 71.8 Å². The van der Waals surface area contributed by atoms with Gasteiger partial charge < -0.3 is 10.0 Å². The number of aliphatic carboxylic acids is 1. The van der Waals surface area contributed by atoms with E-state index in [0.29, 0.717) is 0 Å². The number of rotatable bonds is 5. The highest BCUT2D eigenvalue weighted by molar-refractivity contribution is 5.90. The molecule has 0 aromatic heterocycles. The maximum atomic E-state index is 12.9. The maximum Gasteiger partial charge on any atom is 0.326 e. The van der Waals surface area contributed by atoms with Crippen LogP contribution in [0.15, 0.2) is 60.7 Å². The third-order valence-corrected chi connectivity index (χ3v) is 3.80. The zero-order valence-electron chi connectivity index (χ0n) is 12.6. The molecule has 0 aliphatic heterocycles.